The molecule has 0 saturated carbocycles. The summed E-state index contributed by atoms with van der Waals surface area (Å²) < 4.78 is 38.8. The molecule has 0 bridgehead atoms. The summed E-state index contributed by atoms with van der Waals surface area (Å²) in [6.07, 6.45) is 1.82. The highest BCUT2D eigenvalue weighted by atomic mass is 79.9. The SMILES string of the molecule is Br.C=S(C)(C)(C(=O)c1ccccc1)C(F)(F)F. The second-order valence-corrected chi connectivity index (χ2v) is 9.51. The molecule has 1 aromatic carbocycles. The van der Waals surface area contributed by atoms with Crippen LogP contribution >= 0.6 is 25.7 Å². The topological polar surface area (TPSA) is 17.1 Å². The first-order valence-electron chi connectivity index (χ1n) is 4.45. The van der Waals surface area contributed by atoms with Crippen molar-refractivity contribution in [1.82, 2.24) is 0 Å². The molecule has 98 valence electrons. The van der Waals surface area contributed by atoms with Gasteiger partial charge in [0, 0.05) is 5.56 Å². The molecule has 0 aromatic heterocycles. The van der Waals surface area contributed by atoms with Gasteiger partial charge in [-0.05, 0) is 12.5 Å². The van der Waals surface area contributed by atoms with E-state index in [0.717, 1.165) is 12.5 Å². The molecule has 0 N–H and O–H groups in total. The number of carbonyl (C=O) groups is 1. The lowest BCUT2D eigenvalue weighted by Crippen LogP contribution is -2.31. The maximum Gasteiger partial charge on any atom is 0.428 e. The molecular weight excluding hydrogens is 317 g/mol. The third-order valence-corrected chi connectivity index (χ3v) is 5.26. The summed E-state index contributed by atoms with van der Waals surface area (Å²) in [5, 5.41) is -0.926. The van der Waals surface area contributed by atoms with E-state index in [-0.39, 0.29) is 22.5 Å². The second-order valence-electron chi connectivity index (χ2n) is 4.29. The Hall–Kier alpha value is -0.620. The predicted molar refractivity (Wildman–Crippen MR) is 73.7 cm³/mol. The van der Waals surface area contributed by atoms with Gasteiger partial charge in [0.1, 0.15) is 0 Å². The Morgan fingerprint density at radius 3 is 1.94 bits per heavy atom. The van der Waals surface area contributed by atoms with Crippen molar-refractivity contribution in [3.05, 3.63) is 35.9 Å². The van der Waals surface area contributed by atoms with Gasteiger partial charge < -0.3 is 0 Å². The Morgan fingerprint density at radius 2 is 1.59 bits per heavy atom. The first-order chi connectivity index (χ1) is 7.05. The molecule has 0 unspecified atom stereocenters. The summed E-state index contributed by atoms with van der Waals surface area (Å²) in [7, 11) is -4.35. The number of hydrogen-bond acceptors (Lipinski definition) is 1. The number of alkyl halides is 3. The standard InChI is InChI=1S/C11H13F3OS.BrH/c1-16(2,3,11(12,13)14)10(15)9-7-5-4-6-8-9;/h4-8H,1H2,2-3H3;1H. The van der Waals surface area contributed by atoms with Crippen molar-refractivity contribution in [2.75, 3.05) is 12.5 Å². The van der Waals surface area contributed by atoms with E-state index in [1.165, 1.54) is 24.3 Å². The Kier molecular flexibility index (Phi) is 4.40. The maximum atomic E-state index is 12.9. The lowest BCUT2D eigenvalue weighted by molar-refractivity contribution is -0.0375. The number of halogens is 4. The van der Waals surface area contributed by atoms with Crippen LogP contribution in [0.3, 0.4) is 0 Å². The first-order valence-corrected chi connectivity index (χ1v) is 7.47. The van der Waals surface area contributed by atoms with Gasteiger partial charge in [-0.25, -0.2) is 0 Å². The summed E-state index contributed by atoms with van der Waals surface area (Å²) in [6, 6.07) is 7.47. The highest BCUT2D eigenvalue weighted by molar-refractivity contribution is 8.93. The number of hydrogen-bond donors (Lipinski definition) is 0. The van der Waals surface area contributed by atoms with E-state index in [4.69, 9.17) is 0 Å². The zero-order chi connectivity index (χ0) is 12.6. The van der Waals surface area contributed by atoms with Gasteiger partial charge in [-0.2, -0.15) is 13.2 Å². The molecule has 0 radical (unpaired) electrons. The Balaban J connectivity index is 0.00000256. The highest BCUT2D eigenvalue weighted by Gasteiger charge is 2.52. The average Bonchev–Trinajstić information content (AvgIpc) is 2.15. The highest BCUT2D eigenvalue weighted by Crippen LogP contribution is 2.65. The molecule has 1 nitrogen and oxygen atoms in total. The van der Waals surface area contributed by atoms with Gasteiger partial charge >= 0.3 is 5.51 Å². The number of carbonyl (C=O) groups excluding carboxylic acids is 1. The summed E-state index contributed by atoms with van der Waals surface area (Å²) in [6.45, 7) is 0. The van der Waals surface area contributed by atoms with Gasteiger partial charge in [0.25, 0.3) is 0 Å². The van der Waals surface area contributed by atoms with Gasteiger partial charge in [0.2, 0.25) is 5.12 Å². The molecule has 0 saturated heterocycles. The molecule has 0 atom stereocenters. The molecule has 1 aromatic rings. The van der Waals surface area contributed by atoms with E-state index in [2.05, 4.69) is 5.87 Å². The quantitative estimate of drug-likeness (QED) is 0.712. The minimum atomic E-state index is -4.59. The molecule has 17 heavy (non-hydrogen) atoms. The van der Waals surface area contributed by atoms with Crippen molar-refractivity contribution >= 4 is 36.7 Å². The molecular formula is C11H14BrF3OS. The van der Waals surface area contributed by atoms with E-state index in [0.29, 0.717) is 0 Å². The van der Waals surface area contributed by atoms with Crippen LogP contribution in [0.25, 0.3) is 0 Å². The van der Waals surface area contributed by atoms with Crippen molar-refractivity contribution in [3.8, 4) is 0 Å². The van der Waals surface area contributed by atoms with Gasteiger partial charge in [0.15, 0.2) is 0 Å². The Bertz CT molecular complexity index is 473. The Morgan fingerprint density at radius 1 is 1.18 bits per heavy atom. The fourth-order valence-corrected chi connectivity index (χ4v) is 2.16. The van der Waals surface area contributed by atoms with Crippen LogP contribution in [0.5, 0.6) is 0 Å². The van der Waals surface area contributed by atoms with Crippen molar-refractivity contribution in [2.24, 2.45) is 0 Å². The van der Waals surface area contributed by atoms with Crippen molar-refractivity contribution in [3.63, 3.8) is 0 Å². The third-order valence-electron chi connectivity index (χ3n) is 2.35. The van der Waals surface area contributed by atoms with Crippen molar-refractivity contribution < 1.29 is 18.0 Å². The van der Waals surface area contributed by atoms with Gasteiger partial charge in [-0.1, -0.05) is 36.2 Å². The van der Waals surface area contributed by atoms with E-state index in [1.807, 2.05) is 0 Å². The minimum absolute atomic E-state index is 0. The van der Waals surface area contributed by atoms with Crippen LogP contribution in [0.1, 0.15) is 10.4 Å². The van der Waals surface area contributed by atoms with Crippen LogP contribution in [0.2, 0.25) is 0 Å². The van der Waals surface area contributed by atoms with Crippen LogP contribution in [0, 0.1) is 0 Å². The van der Waals surface area contributed by atoms with Crippen LogP contribution < -0.4 is 0 Å². The van der Waals surface area contributed by atoms with E-state index < -0.39 is 19.4 Å². The normalized spacial score (nSPS) is 14.3. The zero-order valence-corrected chi connectivity index (χ0v) is 12.0. The summed E-state index contributed by atoms with van der Waals surface area (Å²) in [4.78, 5) is 11.9. The molecule has 0 amide bonds. The molecule has 0 aliphatic heterocycles. The lowest BCUT2D eigenvalue weighted by atomic mass is 10.2. The molecule has 6 heteroatoms. The molecule has 0 aliphatic carbocycles. The van der Waals surface area contributed by atoms with Crippen LogP contribution in [0.4, 0.5) is 13.2 Å². The van der Waals surface area contributed by atoms with Gasteiger partial charge in [-0.15, -0.1) is 25.7 Å². The lowest BCUT2D eigenvalue weighted by Gasteiger charge is -2.40. The number of benzene rings is 1. The largest absolute Gasteiger partial charge is 0.428 e. The zero-order valence-electron chi connectivity index (χ0n) is 9.45. The summed E-state index contributed by atoms with van der Waals surface area (Å²) in [5.41, 5.74) is -4.54. The van der Waals surface area contributed by atoms with Crippen molar-refractivity contribution in [2.45, 2.75) is 5.51 Å². The average molecular weight is 331 g/mol. The predicted octanol–water partition coefficient (Wildman–Crippen LogP) is 3.96. The molecule has 0 aliphatic rings. The third kappa shape index (κ3) is 2.80. The summed E-state index contributed by atoms with van der Waals surface area (Å²) in [5.74, 6) is 3.18. The Labute approximate surface area is 109 Å². The van der Waals surface area contributed by atoms with Crippen molar-refractivity contribution in [1.29, 1.82) is 0 Å². The summed E-state index contributed by atoms with van der Waals surface area (Å²) >= 11 is 0. The van der Waals surface area contributed by atoms with Crippen LogP contribution in [-0.2, 0) is 0 Å². The van der Waals surface area contributed by atoms with Crippen LogP contribution in [0.15, 0.2) is 30.3 Å². The van der Waals surface area contributed by atoms with E-state index >= 15 is 0 Å². The molecule has 0 fully saturated rings. The second kappa shape index (κ2) is 4.57. The fraction of sp³-hybridized carbons (Fsp3) is 0.273. The number of rotatable bonds is 1. The minimum Gasteiger partial charge on any atom is -0.283 e. The van der Waals surface area contributed by atoms with Gasteiger partial charge in [0.05, 0.1) is 0 Å². The molecule has 1 rings (SSSR count). The first kappa shape index (κ1) is 16.4. The maximum absolute atomic E-state index is 12.9. The van der Waals surface area contributed by atoms with Crippen LogP contribution in [-0.4, -0.2) is 29.0 Å². The molecule has 0 heterocycles. The van der Waals surface area contributed by atoms with E-state index in [1.54, 1.807) is 6.07 Å². The molecule has 0 spiro atoms. The fourth-order valence-electron chi connectivity index (χ4n) is 1.06. The monoisotopic (exact) mass is 330 g/mol. The van der Waals surface area contributed by atoms with Gasteiger partial charge in [-0.3, -0.25) is 4.79 Å². The smallest absolute Gasteiger partial charge is 0.283 e. The van der Waals surface area contributed by atoms with E-state index in [9.17, 15) is 18.0 Å².